The van der Waals surface area contributed by atoms with E-state index in [4.69, 9.17) is 17.2 Å². The molecule has 0 fully saturated rings. The van der Waals surface area contributed by atoms with Crippen LogP contribution >= 0.6 is 11.8 Å². The summed E-state index contributed by atoms with van der Waals surface area (Å²) in [7, 11) is 0. The summed E-state index contributed by atoms with van der Waals surface area (Å²) in [6.07, 6.45) is -0.466. The molecule has 0 saturated carbocycles. The minimum Gasteiger partial charge on any atom is -0.508 e. The number of guanidine groups is 1. The summed E-state index contributed by atoms with van der Waals surface area (Å²) in [5, 5.41) is 40.1. The summed E-state index contributed by atoms with van der Waals surface area (Å²) in [5.74, 6) is -6.72. The van der Waals surface area contributed by atoms with Gasteiger partial charge in [0, 0.05) is 25.1 Å². The SMILES string of the molecule is CC(C)C[C@H](NC(=O)CCSC(=O)[C@H](CC(=O)O)NC(=O)[C@H](C)NC(=O)[C@H](CCCN=C(N)N)NC(=O)[C@H](Cc1ccc(O)cc1)NC(=O)[C@@H](N)CC(C)C)C(=O)O. The Morgan fingerprint density at radius 2 is 1.29 bits per heavy atom. The average Bonchev–Trinajstić information content (AvgIpc) is 3.11. The molecule has 58 heavy (non-hydrogen) atoms. The molecule has 0 aliphatic heterocycles. The van der Waals surface area contributed by atoms with Crippen molar-refractivity contribution in [3.8, 4) is 5.75 Å². The van der Waals surface area contributed by atoms with Crippen molar-refractivity contribution in [3.63, 3.8) is 0 Å². The molecule has 21 heteroatoms. The van der Waals surface area contributed by atoms with Crippen molar-refractivity contribution in [2.45, 2.75) is 116 Å². The van der Waals surface area contributed by atoms with E-state index in [0.29, 0.717) is 23.7 Å². The Morgan fingerprint density at radius 1 is 0.724 bits per heavy atom. The molecule has 1 aromatic carbocycles. The second-order valence-electron chi connectivity index (χ2n) is 14.6. The van der Waals surface area contributed by atoms with Gasteiger partial charge in [0.25, 0.3) is 0 Å². The first kappa shape index (κ1) is 50.6. The highest BCUT2D eigenvalue weighted by atomic mass is 32.2. The lowest BCUT2D eigenvalue weighted by Gasteiger charge is -2.26. The molecule has 0 aliphatic carbocycles. The number of nitrogens with zero attached hydrogens (tertiary/aromatic N) is 1. The van der Waals surface area contributed by atoms with Gasteiger partial charge in [-0.25, -0.2) is 4.79 Å². The molecule has 324 valence electrons. The number of thioether (sulfide) groups is 1. The van der Waals surface area contributed by atoms with E-state index in [0.717, 1.165) is 0 Å². The zero-order valence-electron chi connectivity index (χ0n) is 33.5. The van der Waals surface area contributed by atoms with Crippen molar-refractivity contribution in [2.75, 3.05) is 12.3 Å². The van der Waals surface area contributed by atoms with E-state index < -0.39 is 89.3 Å². The lowest BCUT2D eigenvalue weighted by Crippen LogP contribution is -2.58. The Labute approximate surface area is 341 Å². The van der Waals surface area contributed by atoms with Crippen molar-refractivity contribution < 1.29 is 53.7 Å². The number of carbonyl (C=O) groups excluding carboxylic acids is 6. The van der Waals surface area contributed by atoms with Gasteiger partial charge in [0.2, 0.25) is 34.7 Å². The van der Waals surface area contributed by atoms with Crippen LogP contribution in [0.2, 0.25) is 0 Å². The number of phenols is 1. The van der Waals surface area contributed by atoms with Gasteiger partial charge in [-0.15, -0.1) is 0 Å². The van der Waals surface area contributed by atoms with Gasteiger partial charge in [0.05, 0.1) is 12.5 Å². The molecule has 14 N–H and O–H groups in total. The number of aromatic hydroxyl groups is 1. The molecule has 0 bridgehead atoms. The quantitative estimate of drug-likeness (QED) is 0.0305. The molecule has 20 nitrogen and oxygen atoms in total. The van der Waals surface area contributed by atoms with Crippen LogP contribution in [-0.4, -0.2) is 116 Å². The third kappa shape index (κ3) is 20.6. The van der Waals surface area contributed by atoms with Crippen molar-refractivity contribution in [1.29, 1.82) is 0 Å². The molecule has 0 radical (unpaired) electrons. The van der Waals surface area contributed by atoms with Gasteiger partial charge in [-0.3, -0.25) is 38.6 Å². The molecule has 1 rings (SSSR count). The number of nitrogens with two attached hydrogens (primary N) is 3. The van der Waals surface area contributed by atoms with E-state index in [9.17, 15) is 53.7 Å². The molecule has 0 saturated heterocycles. The molecule has 5 amide bonds. The molecule has 0 aliphatic rings. The van der Waals surface area contributed by atoms with Gasteiger partial charge < -0.3 is 59.1 Å². The number of rotatable bonds is 26. The van der Waals surface area contributed by atoms with Crippen LogP contribution in [0.5, 0.6) is 5.75 Å². The number of hydrogen-bond donors (Lipinski definition) is 11. The van der Waals surface area contributed by atoms with Gasteiger partial charge in [0.1, 0.15) is 36.0 Å². The van der Waals surface area contributed by atoms with Crippen molar-refractivity contribution >= 4 is 64.3 Å². The topological polar surface area (TPSA) is 348 Å². The third-order valence-corrected chi connectivity index (χ3v) is 9.27. The maximum Gasteiger partial charge on any atom is 0.326 e. The summed E-state index contributed by atoms with van der Waals surface area (Å²) in [6, 6.07) is -1.60. The van der Waals surface area contributed by atoms with Crippen LogP contribution in [0.3, 0.4) is 0 Å². The van der Waals surface area contributed by atoms with Crippen LogP contribution in [-0.2, 0) is 44.8 Å². The van der Waals surface area contributed by atoms with E-state index in [1.54, 1.807) is 26.0 Å². The maximum atomic E-state index is 13.8. The minimum absolute atomic E-state index is 0.0150. The molecule has 0 spiro atoms. The maximum absolute atomic E-state index is 13.8. The number of aliphatic carboxylic acids is 2. The normalized spacial score (nSPS) is 14.1. The smallest absolute Gasteiger partial charge is 0.326 e. The number of amides is 5. The number of carboxylic acids is 2. The lowest BCUT2D eigenvalue weighted by molar-refractivity contribution is -0.142. The number of nitrogens with one attached hydrogen (secondary N) is 5. The van der Waals surface area contributed by atoms with Crippen molar-refractivity contribution in [2.24, 2.45) is 34.0 Å². The summed E-state index contributed by atoms with van der Waals surface area (Å²) in [6.45, 7) is 8.68. The van der Waals surface area contributed by atoms with Gasteiger partial charge in [-0.1, -0.05) is 51.6 Å². The number of benzene rings is 1. The Morgan fingerprint density at radius 3 is 1.84 bits per heavy atom. The number of carbonyl (C=O) groups is 8. The molecular weight excluding hydrogens is 779 g/mol. The zero-order valence-corrected chi connectivity index (χ0v) is 34.3. The summed E-state index contributed by atoms with van der Waals surface area (Å²) in [4.78, 5) is 106. The number of aliphatic imine (C=N–C) groups is 1. The zero-order chi connectivity index (χ0) is 44.1. The monoisotopic (exact) mass is 837 g/mol. The van der Waals surface area contributed by atoms with Crippen LogP contribution in [0.4, 0.5) is 0 Å². The highest BCUT2D eigenvalue weighted by Gasteiger charge is 2.32. The van der Waals surface area contributed by atoms with Gasteiger partial charge in [-0.05, 0) is 62.1 Å². The van der Waals surface area contributed by atoms with Gasteiger partial charge in [0.15, 0.2) is 5.96 Å². The van der Waals surface area contributed by atoms with E-state index >= 15 is 0 Å². The summed E-state index contributed by atoms with van der Waals surface area (Å²) < 4.78 is 0. The fourth-order valence-electron chi connectivity index (χ4n) is 5.36. The molecular formula is C37H59N9O11S. The minimum atomic E-state index is -1.56. The Balaban J connectivity index is 3.13. The van der Waals surface area contributed by atoms with Crippen LogP contribution in [0.25, 0.3) is 0 Å². The summed E-state index contributed by atoms with van der Waals surface area (Å²) in [5.41, 5.74) is 17.5. The largest absolute Gasteiger partial charge is 0.508 e. The van der Waals surface area contributed by atoms with Crippen LogP contribution < -0.4 is 43.8 Å². The number of phenolic OH excluding ortho intramolecular Hbond substituents is 1. The lowest BCUT2D eigenvalue weighted by atomic mass is 10.0. The number of carboxylic acid groups (broad SMARTS) is 2. The van der Waals surface area contributed by atoms with Gasteiger partial charge in [-0.2, -0.15) is 0 Å². The summed E-state index contributed by atoms with van der Waals surface area (Å²) >= 11 is 0.570. The van der Waals surface area contributed by atoms with Crippen LogP contribution in [0.15, 0.2) is 29.3 Å². The fourth-order valence-corrected chi connectivity index (χ4v) is 6.20. The first-order chi connectivity index (χ1) is 27.1. The fraction of sp³-hybridized carbons (Fsp3) is 0.595. The highest BCUT2D eigenvalue weighted by molar-refractivity contribution is 8.13. The Hall–Kier alpha value is -5.44. The van der Waals surface area contributed by atoms with Crippen LogP contribution in [0.1, 0.15) is 78.7 Å². The highest BCUT2D eigenvalue weighted by Crippen LogP contribution is 2.14. The van der Waals surface area contributed by atoms with E-state index in [1.807, 2.05) is 13.8 Å². The second kappa shape index (κ2) is 25.7. The van der Waals surface area contributed by atoms with E-state index in [1.165, 1.54) is 19.1 Å². The molecule has 1 aromatic rings. The van der Waals surface area contributed by atoms with Crippen molar-refractivity contribution in [1.82, 2.24) is 26.6 Å². The third-order valence-electron chi connectivity index (χ3n) is 8.30. The Kier molecular flexibility index (Phi) is 22.4. The molecule has 0 aromatic heterocycles. The van der Waals surface area contributed by atoms with E-state index in [-0.39, 0.29) is 67.9 Å². The predicted molar refractivity (Wildman–Crippen MR) is 216 cm³/mol. The second-order valence-corrected chi connectivity index (χ2v) is 15.7. The molecule has 0 heterocycles. The van der Waals surface area contributed by atoms with Gasteiger partial charge >= 0.3 is 11.9 Å². The Bertz CT molecular complexity index is 1600. The number of hydrogen-bond acceptors (Lipinski definition) is 12. The molecule has 6 atom stereocenters. The first-order valence-corrected chi connectivity index (χ1v) is 19.8. The predicted octanol–water partition coefficient (Wildman–Crippen LogP) is -0.939. The van der Waals surface area contributed by atoms with Crippen molar-refractivity contribution in [3.05, 3.63) is 29.8 Å². The average molecular weight is 838 g/mol. The standard InChI is InChI=1S/C37H59N9O11S/c1-19(2)15-24(38)32(52)45-26(17-22-8-10-23(47)11-9-22)34(54)44-25(7-6-13-41-37(39)40)33(53)42-21(5)31(51)46-28(18-30(49)50)36(57)58-14-12-29(48)43-27(35(55)56)16-20(3)4/h8-11,19-21,24-28,47H,6-7,12-18,38H2,1-5H3,(H,42,53)(H,43,48)(H,44,54)(H,45,52)(H,46,51)(H,49,50)(H,55,56)(H4,39,40,41)/t21-,24-,25-,26-,27-,28-/m0/s1. The molecule has 0 unspecified atom stereocenters. The van der Waals surface area contributed by atoms with E-state index in [2.05, 4.69) is 31.6 Å². The first-order valence-electron chi connectivity index (χ1n) is 18.8. The van der Waals surface area contributed by atoms with Crippen LogP contribution in [0, 0.1) is 11.8 Å².